The van der Waals surface area contributed by atoms with Gasteiger partial charge < -0.3 is 10.2 Å². The Hall–Kier alpha value is -2.29. The van der Waals surface area contributed by atoms with Crippen LogP contribution in [0.4, 0.5) is 24.7 Å². The van der Waals surface area contributed by atoms with Crippen molar-refractivity contribution in [3.05, 3.63) is 52.1 Å². The summed E-state index contributed by atoms with van der Waals surface area (Å²) < 4.78 is 38.6. The lowest BCUT2D eigenvalue weighted by Gasteiger charge is -2.25. The van der Waals surface area contributed by atoms with Gasteiger partial charge in [-0.05, 0) is 39.0 Å². The number of carbonyl (C=O) groups is 1. The van der Waals surface area contributed by atoms with E-state index in [2.05, 4.69) is 31.1 Å². The Morgan fingerprint density at radius 2 is 1.96 bits per heavy atom. The highest BCUT2D eigenvalue weighted by Gasteiger charge is 2.45. The number of hydrogen-bond acceptors (Lipinski definition) is 5. The number of fused-ring (bicyclic) bond motifs is 1. The molecular weight excluding hydrogens is 415 g/mol. The Balaban J connectivity index is 1.96. The van der Waals surface area contributed by atoms with Crippen molar-refractivity contribution in [1.82, 2.24) is 4.98 Å². The third kappa shape index (κ3) is 3.62. The average Bonchev–Trinajstić information content (AvgIpc) is 2.92. The SMILES string of the molecule is CC(C)c1ccc(C2Nc3ncc(Br)cc3N2OC(=O)C(F)(F)F)cc1. The topological polar surface area (TPSA) is 54.5 Å². The molecule has 1 N–H and O–H groups in total. The molecule has 1 aromatic carbocycles. The molecule has 0 radical (unpaired) electrons. The van der Waals surface area contributed by atoms with E-state index in [-0.39, 0.29) is 5.69 Å². The number of alkyl halides is 3. The number of pyridine rings is 1. The summed E-state index contributed by atoms with van der Waals surface area (Å²) in [5.74, 6) is -1.66. The van der Waals surface area contributed by atoms with Crippen molar-refractivity contribution in [2.75, 3.05) is 10.4 Å². The Morgan fingerprint density at radius 1 is 1.31 bits per heavy atom. The lowest BCUT2D eigenvalue weighted by Crippen LogP contribution is -2.36. The second-order valence-electron chi connectivity index (χ2n) is 6.09. The summed E-state index contributed by atoms with van der Waals surface area (Å²) in [4.78, 5) is 20.2. The van der Waals surface area contributed by atoms with Crippen molar-refractivity contribution in [3.8, 4) is 0 Å². The summed E-state index contributed by atoms with van der Waals surface area (Å²) in [6.45, 7) is 4.08. The molecule has 3 rings (SSSR count). The van der Waals surface area contributed by atoms with Gasteiger partial charge in [0.25, 0.3) is 0 Å². The van der Waals surface area contributed by atoms with Gasteiger partial charge >= 0.3 is 12.1 Å². The van der Waals surface area contributed by atoms with Crippen LogP contribution in [0.15, 0.2) is 41.0 Å². The van der Waals surface area contributed by atoms with Gasteiger partial charge in [-0.15, -0.1) is 0 Å². The molecule has 0 saturated heterocycles. The largest absolute Gasteiger partial charge is 0.493 e. The normalized spacial score (nSPS) is 16.4. The molecule has 0 spiro atoms. The van der Waals surface area contributed by atoms with E-state index in [0.717, 1.165) is 10.6 Å². The Kier molecular flexibility index (Phi) is 4.83. The molecular formula is C17H15BrF3N3O2. The van der Waals surface area contributed by atoms with Crippen LogP contribution in [0.25, 0.3) is 0 Å². The predicted molar refractivity (Wildman–Crippen MR) is 93.5 cm³/mol. The highest BCUT2D eigenvalue weighted by Crippen LogP contribution is 2.42. The van der Waals surface area contributed by atoms with Crippen LogP contribution in [0.3, 0.4) is 0 Å². The molecule has 1 aliphatic heterocycles. The summed E-state index contributed by atoms with van der Waals surface area (Å²) in [5.41, 5.74) is 1.96. The first kappa shape index (κ1) is 18.5. The molecule has 1 aromatic heterocycles. The first-order valence-electron chi connectivity index (χ1n) is 7.77. The van der Waals surface area contributed by atoms with Crippen molar-refractivity contribution < 1.29 is 22.8 Å². The molecule has 1 unspecified atom stereocenters. The van der Waals surface area contributed by atoms with Gasteiger partial charge in [-0.25, -0.2) is 9.78 Å². The zero-order valence-electron chi connectivity index (χ0n) is 13.8. The van der Waals surface area contributed by atoms with E-state index in [1.54, 1.807) is 12.1 Å². The first-order chi connectivity index (χ1) is 12.2. The number of anilines is 2. The summed E-state index contributed by atoms with van der Waals surface area (Å²) in [5, 5.41) is 3.88. The molecule has 0 aliphatic carbocycles. The lowest BCUT2D eigenvalue weighted by atomic mass is 10.0. The van der Waals surface area contributed by atoms with Gasteiger partial charge in [-0.3, -0.25) is 0 Å². The molecule has 2 aromatic rings. The van der Waals surface area contributed by atoms with Crippen molar-refractivity contribution in [1.29, 1.82) is 0 Å². The maximum Gasteiger partial charge on any atom is 0.493 e. The van der Waals surface area contributed by atoms with Crippen LogP contribution in [0.1, 0.15) is 37.1 Å². The highest BCUT2D eigenvalue weighted by molar-refractivity contribution is 9.10. The number of halogens is 4. The van der Waals surface area contributed by atoms with E-state index in [1.807, 2.05) is 26.0 Å². The maximum absolute atomic E-state index is 12.7. The van der Waals surface area contributed by atoms with Crippen LogP contribution in [-0.4, -0.2) is 17.1 Å². The van der Waals surface area contributed by atoms with E-state index in [9.17, 15) is 18.0 Å². The molecule has 5 nitrogen and oxygen atoms in total. The van der Waals surface area contributed by atoms with Crippen LogP contribution in [0.2, 0.25) is 0 Å². The second kappa shape index (κ2) is 6.79. The number of hydrogen-bond donors (Lipinski definition) is 1. The fourth-order valence-electron chi connectivity index (χ4n) is 2.56. The number of rotatable bonds is 3. The van der Waals surface area contributed by atoms with Crippen LogP contribution in [-0.2, 0) is 9.63 Å². The van der Waals surface area contributed by atoms with E-state index in [0.29, 0.717) is 21.8 Å². The van der Waals surface area contributed by atoms with Gasteiger partial charge in [-0.1, -0.05) is 38.1 Å². The van der Waals surface area contributed by atoms with Crippen molar-refractivity contribution in [2.24, 2.45) is 0 Å². The van der Waals surface area contributed by atoms with Crippen molar-refractivity contribution in [3.63, 3.8) is 0 Å². The Bertz CT molecular complexity index is 825. The van der Waals surface area contributed by atoms with E-state index in [4.69, 9.17) is 0 Å². The lowest BCUT2D eigenvalue weighted by molar-refractivity contribution is -0.201. The Labute approximate surface area is 156 Å². The van der Waals surface area contributed by atoms with E-state index < -0.39 is 18.3 Å². The molecule has 26 heavy (non-hydrogen) atoms. The zero-order chi connectivity index (χ0) is 19.1. The van der Waals surface area contributed by atoms with E-state index in [1.165, 1.54) is 12.3 Å². The van der Waals surface area contributed by atoms with Crippen LogP contribution >= 0.6 is 15.9 Å². The monoisotopic (exact) mass is 429 g/mol. The van der Waals surface area contributed by atoms with Gasteiger partial charge in [0.2, 0.25) is 0 Å². The second-order valence-corrected chi connectivity index (χ2v) is 7.01. The number of hydroxylamine groups is 1. The van der Waals surface area contributed by atoms with Gasteiger partial charge in [0.1, 0.15) is 5.69 Å². The Morgan fingerprint density at radius 3 is 2.54 bits per heavy atom. The summed E-state index contributed by atoms with van der Waals surface area (Å²) in [6.07, 6.45) is -4.42. The third-order valence-electron chi connectivity index (χ3n) is 3.91. The minimum absolute atomic E-state index is 0.231. The minimum atomic E-state index is -5.10. The number of benzene rings is 1. The predicted octanol–water partition coefficient (Wildman–Crippen LogP) is 4.92. The molecule has 138 valence electrons. The zero-order valence-corrected chi connectivity index (χ0v) is 15.4. The number of nitrogens with zero attached hydrogens (tertiary/aromatic N) is 2. The van der Waals surface area contributed by atoms with Crippen molar-refractivity contribution >= 4 is 33.4 Å². The molecule has 0 saturated carbocycles. The van der Waals surface area contributed by atoms with Crippen LogP contribution in [0.5, 0.6) is 0 Å². The summed E-state index contributed by atoms with van der Waals surface area (Å²) >= 11 is 3.22. The number of aromatic nitrogens is 1. The molecule has 2 heterocycles. The fourth-order valence-corrected chi connectivity index (χ4v) is 2.88. The third-order valence-corrected chi connectivity index (χ3v) is 4.34. The molecule has 0 bridgehead atoms. The molecule has 0 amide bonds. The van der Waals surface area contributed by atoms with Crippen LogP contribution in [0, 0.1) is 0 Å². The average molecular weight is 430 g/mol. The van der Waals surface area contributed by atoms with Gasteiger partial charge in [0.15, 0.2) is 12.0 Å². The number of nitrogens with one attached hydrogen (secondary N) is 1. The van der Waals surface area contributed by atoms with Gasteiger partial charge in [0, 0.05) is 10.7 Å². The molecule has 1 aliphatic rings. The first-order valence-corrected chi connectivity index (χ1v) is 8.56. The number of carbonyl (C=O) groups excluding carboxylic acids is 1. The van der Waals surface area contributed by atoms with Crippen molar-refractivity contribution in [2.45, 2.75) is 32.1 Å². The standard InChI is InChI=1S/C17H15BrF3N3O2/c1-9(2)10-3-5-11(6-4-10)15-23-14-13(7-12(18)8-22-14)24(15)26-16(25)17(19,20)21/h3-9,15H,1-2H3,(H,22,23). The van der Waals surface area contributed by atoms with Gasteiger partial charge in [0.05, 0.1) is 0 Å². The smallest absolute Gasteiger partial charge is 0.342 e. The summed E-state index contributed by atoms with van der Waals surface area (Å²) in [6, 6.07) is 8.86. The highest BCUT2D eigenvalue weighted by atomic mass is 79.9. The molecule has 9 heteroatoms. The summed E-state index contributed by atoms with van der Waals surface area (Å²) in [7, 11) is 0. The molecule has 1 atom stereocenters. The maximum atomic E-state index is 12.7. The quantitative estimate of drug-likeness (QED) is 0.750. The molecule has 0 fully saturated rings. The van der Waals surface area contributed by atoms with Gasteiger partial charge in [-0.2, -0.15) is 18.2 Å². The fraction of sp³-hybridized carbons (Fsp3) is 0.294. The van der Waals surface area contributed by atoms with E-state index >= 15 is 0 Å². The van der Waals surface area contributed by atoms with Crippen LogP contribution < -0.4 is 10.4 Å². The minimum Gasteiger partial charge on any atom is -0.342 e.